The summed E-state index contributed by atoms with van der Waals surface area (Å²) in [5.74, 6) is 0. The van der Waals surface area contributed by atoms with Crippen molar-refractivity contribution in [2.75, 3.05) is 9.80 Å². The van der Waals surface area contributed by atoms with Crippen LogP contribution in [0, 0.1) is 27.7 Å². The van der Waals surface area contributed by atoms with Crippen molar-refractivity contribution >= 4 is 34.0 Å². The van der Waals surface area contributed by atoms with E-state index in [1.54, 1.807) is 0 Å². The van der Waals surface area contributed by atoms with Gasteiger partial charge in [-0.05, 0) is 130 Å². The molecule has 2 nitrogen and oxygen atoms in total. The minimum atomic E-state index is -0.120. The third-order valence-corrected chi connectivity index (χ3v) is 9.66. The molecule has 0 aliphatic heterocycles. The van der Waals surface area contributed by atoms with Crippen LogP contribution in [0.3, 0.4) is 0 Å². The fourth-order valence-electron chi connectivity index (χ4n) is 7.03. The highest BCUT2D eigenvalue weighted by atomic mass is 15.2. The van der Waals surface area contributed by atoms with Crippen LogP contribution in [0.15, 0.2) is 133 Å². The van der Waals surface area contributed by atoms with Crippen molar-refractivity contribution in [3.8, 4) is 0 Å². The molecule has 7 rings (SSSR count). The summed E-state index contributed by atoms with van der Waals surface area (Å²) in [6.45, 7) is 13.4. The van der Waals surface area contributed by atoms with Crippen molar-refractivity contribution in [1.29, 1.82) is 0 Å². The Morgan fingerprint density at radius 1 is 0.467 bits per heavy atom. The third kappa shape index (κ3) is 5.29. The minimum Gasteiger partial charge on any atom is -0.314 e. The Bertz CT molecular complexity index is 1830. The third-order valence-electron chi connectivity index (χ3n) is 9.66. The molecule has 0 amide bonds. The normalized spacial score (nSPS) is 14.9. The van der Waals surface area contributed by atoms with Gasteiger partial charge in [-0.2, -0.15) is 0 Å². The lowest BCUT2D eigenvalue weighted by Crippen LogP contribution is -2.22. The Kier molecular flexibility index (Phi) is 7.25. The fourth-order valence-corrected chi connectivity index (χ4v) is 7.03. The minimum absolute atomic E-state index is 0.120. The van der Waals surface area contributed by atoms with Gasteiger partial charge < -0.3 is 9.80 Å². The standard InChI is InChI=1S/C43H42N2/c1-29-7-15-33(16-8-29)44(34-17-9-30(2)10-18-34)37-23-25-39-40-26-24-38(28-42(40)43(5,6)41(39)27-37)45(35-19-11-31(3)12-20-35)36-21-13-32(4)14-22-36/h7-23,25,27-28H,24,26H2,1-6H3. The number of nitrogens with zero attached hydrogens (tertiary/aromatic N) is 2. The maximum atomic E-state index is 2.50. The van der Waals surface area contributed by atoms with Gasteiger partial charge in [-0.1, -0.05) is 90.7 Å². The molecule has 0 aromatic heterocycles. The van der Waals surface area contributed by atoms with Gasteiger partial charge in [0.25, 0.3) is 0 Å². The molecule has 5 aromatic carbocycles. The number of fused-ring (bicyclic) bond motifs is 2. The summed E-state index contributed by atoms with van der Waals surface area (Å²) in [5, 5.41) is 0. The summed E-state index contributed by atoms with van der Waals surface area (Å²) in [5.41, 5.74) is 18.0. The SMILES string of the molecule is Cc1ccc(N(C2=CC3=C(CC2)c2ccc(N(c4ccc(C)cc4)c4ccc(C)cc4)cc2C3(C)C)c2ccc(C)cc2)cc1. The molecule has 2 heteroatoms. The number of allylic oxidation sites excluding steroid dienone is 4. The van der Waals surface area contributed by atoms with E-state index in [2.05, 4.69) is 173 Å². The molecule has 0 saturated heterocycles. The fraction of sp³-hybridized carbons (Fsp3) is 0.209. The van der Waals surface area contributed by atoms with Crippen molar-refractivity contribution in [2.45, 2.75) is 59.8 Å². The van der Waals surface area contributed by atoms with Crippen LogP contribution in [0.2, 0.25) is 0 Å². The first-order valence-corrected chi connectivity index (χ1v) is 16.1. The molecule has 0 atom stereocenters. The summed E-state index contributed by atoms with van der Waals surface area (Å²) >= 11 is 0. The highest BCUT2D eigenvalue weighted by Crippen LogP contribution is 2.53. The molecule has 0 saturated carbocycles. The van der Waals surface area contributed by atoms with E-state index in [0.29, 0.717) is 0 Å². The Balaban J connectivity index is 1.31. The Morgan fingerprint density at radius 2 is 0.867 bits per heavy atom. The molecular formula is C43H42N2. The van der Waals surface area contributed by atoms with Crippen LogP contribution in [0.1, 0.15) is 60.1 Å². The average molecular weight is 587 g/mol. The van der Waals surface area contributed by atoms with Gasteiger partial charge in [-0.25, -0.2) is 0 Å². The van der Waals surface area contributed by atoms with Crippen LogP contribution in [0.25, 0.3) is 5.57 Å². The second-order valence-corrected chi connectivity index (χ2v) is 13.4. The molecule has 0 fully saturated rings. The monoisotopic (exact) mass is 586 g/mol. The molecular weight excluding hydrogens is 544 g/mol. The summed E-state index contributed by atoms with van der Waals surface area (Å²) in [4.78, 5) is 4.86. The van der Waals surface area contributed by atoms with E-state index in [0.717, 1.165) is 12.8 Å². The average Bonchev–Trinajstić information content (AvgIpc) is 3.26. The lowest BCUT2D eigenvalue weighted by molar-refractivity contribution is 0.648. The largest absolute Gasteiger partial charge is 0.314 e. The highest BCUT2D eigenvalue weighted by molar-refractivity contribution is 5.87. The van der Waals surface area contributed by atoms with Gasteiger partial charge >= 0.3 is 0 Å². The molecule has 0 bridgehead atoms. The van der Waals surface area contributed by atoms with E-state index in [1.165, 1.54) is 78.7 Å². The van der Waals surface area contributed by atoms with Gasteiger partial charge in [0.2, 0.25) is 0 Å². The first-order chi connectivity index (χ1) is 21.7. The molecule has 0 unspecified atom stereocenters. The number of benzene rings is 5. The van der Waals surface area contributed by atoms with Gasteiger partial charge in [-0.15, -0.1) is 0 Å². The quantitative estimate of drug-likeness (QED) is 0.195. The Morgan fingerprint density at radius 3 is 1.31 bits per heavy atom. The molecule has 0 N–H and O–H groups in total. The smallest absolute Gasteiger partial charge is 0.0465 e. The number of anilines is 5. The van der Waals surface area contributed by atoms with E-state index in [1.807, 2.05) is 0 Å². The molecule has 45 heavy (non-hydrogen) atoms. The van der Waals surface area contributed by atoms with Crippen molar-refractivity contribution in [2.24, 2.45) is 0 Å². The van der Waals surface area contributed by atoms with Crippen molar-refractivity contribution < 1.29 is 0 Å². The Labute approximate surface area is 269 Å². The lowest BCUT2D eigenvalue weighted by Gasteiger charge is -2.33. The summed E-state index contributed by atoms with van der Waals surface area (Å²) < 4.78 is 0. The molecule has 0 heterocycles. The van der Waals surface area contributed by atoms with Gasteiger partial charge in [0, 0.05) is 39.5 Å². The molecule has 224 valence electrons. The summed E-state index contributed by atoms with van der Waals surface area (Å²) in [6, 6.07) is 42.8. The number of rotatable bonds is 6. The van der Waals surface area contributed by atoms with Gasteiger partial charge in [0.15, 0.2) is 0 Å². The van der Waals surface area contributed by atoms with Crippen molar-refractivity contribution in [1.82, 2.24) is 0 Å². The number of aryl methyl sites for hydroxylation is 4. The van der Waals surface area contributed by atoms with Crippen LogP contribution in [0.4, 0.5) is 28.4 Å². The van der Waals surface area contributed by atoms with Crippen LogP contribution in [0.5, 0.6) is 0 Å². The number of hydrogen-bond acceptors (Lipinski definition) is 2. The van der Waals surface area contributed by atoms with Crippen molar-refractivity contribution in [3.63, 3.8) is 0 Å². The number of hydrogen-bond donors (Lipinski definition) is 0. The van der Waals surface area contributed by atoms with Gasteiger partial charge in [0.05, 0.1) is 0 Å². The first kappa shape index (κ1) is 28.9. The van der Waals surface area contributed by atoms with E-state index < -0.39 is 0 Å². The van der Waals surface area contributed by atoms with Crippen LogP contribution in [-0.4, -0.2) is 0 Å². The maximum Gasteiger partial charge on any atom is 0.0465 e. The van der Waals surface area contributed by atoms with E-state index >= 15 is 0 Å². The van der Waals surface area contributed by atoms with E-state index in [9.17, 15) is 0 Å². The molecule has 0 spiro atoms. The molecule has 2 aliphatic rings. The van der Waals surface area contributed by atoms with Crippen LogP contribution >= 0.6 is 0 Å². The second kappa shape index (κ2) is 11.3. The van der Waals surface area contributed by atoms with Gasteiger partial charge in [-0.3, -0.25) is 0 Å². The zero-order valence-electron chi connectivity index (χ0n) is 27.4. The van der Waals surface area contributed by atoms with Crippen molar-refractivity contribution in [3.05, 3.63) is 166 Å². The molecule has 5 aromatic rings. The topological polar surface area (TPSA) is 6.48 Å². The van der Waals surface area contributed by atoms with E-state index in [4.69, 9.17) is 0 Å². The molecule has 0 radical (unpaired) electrons. The van der Waals surface area contributed by atoms with Crippen LogP contribution in [-0.2, 0) is 5.41 Å². The predicted octanol–water partition coefficient (Wildman–Crippen LogP) is 12.0. The summed E-state index contributed by atoms with van der Waals surface area (Å²) in [7, 11) is 0. The van der Waals surface area contributed by atoms with Crippen LogP contribution < -0.4 is 9.80 Å². The van der Waals surface area contributed by atoms with Gasteiger partial charge in [0.1, 0.15) is 0 Å². The van der Waals surface area contributed by atoms with E-state index in [-0.39, 0.29) is 5.41 Å². The second-order valence-electron chi connectivity index (χ2n) is 13.4. The molecule has 2 aliphatic carbocycles. The highest BCUT2D eigenvalue weighted by Gasteiger charge is 2.39. The lowest BCUT2D eigenvalue weighted by atomic mass is 9.79. The maximum absolute atomic E-state index is 2.50. The Hall–Kier alpha value is -4.82. The predicted molar refractivity (Wildman–Crippen MR) is 192 cm³/mol. The zero-order valence-corrected chi connectivity index (χ0v) is 27.4. The zero-order chi connectivity index (χ0) is 31.3. The summed E-state index contributed by atoms with van der Waals surface area (Å²) in [6.07, 6.45) is 4.53. The first-order valence-electron chi connectivity index (χ1n) is 16.1.